The topological polar surface area (TPSA) is 43.9 Å². The van der Waals surface area contributed by atoms with Gasteiger partial charge in [0.1, 0.15) is 0 Å². The predicted molar refractivity (Wildman–Crippen MR) is 134 cm³/mol. The first kappa shape index (κ1) is 23.3. The first-order valence-electron chi connectivity index (χ1n) is 11.1. The van der Waals surface area contributed by atoms with Crippen LogP contribution in [0, 0.1) is 0 Å². The van der Waals surface area contributed by atoms with Gasteiger partial charge in [-0.3, -0.25) is 9.59 Å². The lowest BCUT2D eigenvalue weighted by atomic mass is 9.94. The van der Waals surface area contributed by atoms with E-state index >= 15 is 0 Å². The van der Waals surface area contributed by atoms with Gasteiger partial charge >= 0.3 is 0 Å². The van der Waals surface area contributed by atoms with Crippen LogP contribution in [0.5, 0.6) is 0 Å². The third-order valence-corrected chi connectivity index (χ3v) is 5.62. The van der Waals surface area contributed by atoms with Gasteiger partial charge in [-0.25, -0.2) is 0 Å². The van der Waals surface area contributed by atoms with Crippen molar-refractivity contribution in [3.63, 3.8) is 0 Å². The van der Waals surface area contributed by atoms with E-state index < -0.39 is 0 Å². The molecule has 0 saturated carbocycles. The summed E-state index contributed by atoms with van der Waals surface area (Å²) in [5.41, 5.74) is 5.41. The van der Waals surface area contributed by atoms with Crippen molar-refractivity contribution < 1.29 is 9.59 Å². The SMILES string of the molecule is CCCC(=O)N1CC(=Cc2ccc(N(C)C)cc2)C(=O)C(=Cc2ccc(N(C)C)cc2)C1. The molecule has 0 atom stereocenters. The molecule has 5 heteroatoms. The second kappa shape index (κ2) is 10.3. The zero-order valence-corrected chi connectivity index (χ0v) is 19.8. The molecule has 2 aromatic rings. The fourth-order valence-electron chi connectivity index (χ4n) is 3.73. The quantitative estimate of drug-likeness (QED) is 0.632. The predicted octanol–water partition coefficient (Wildman–Crippen LogP) is 4.50. The smallest absolute Gasteiger partial charge is 0.223 e. The summed E-state index contributed by atoms with van der Waals surface area (Å²) < 4.78 is 0. The summed E-state index contributed by atoms with van der Waals surface area (Å²) in [4.78, 5) is 31.9. The first-order chi connectivity index (χ1) is 15.3. The molecule has 0 N–H and O–H groups in total. The van der Waals surface area contributed by atoms with Crippen molar-refractivity contribution in [1.82, 2.24) is 4.90 Å². The number of carbonyl (C=O) groups is 2. The van der Waals surface area contributed by atoms with Gasteiger partial charge in [-0.2, -0.15) is 0 Å². The molecule has 1 saturated heterocycles. The van der Waals surface area contributed by atoms with Crippen molar-refractivity contribution in [1.29, 1.82) is 0 Å². The zero-order chi connectivity index (χ0) is 23.3. The molecule has 1 amide bonds. The van der Waals surface area contributed by atoms with Crippen molar-refractivity contribution in [2.45, 2.75) is 19.8 Å². The van der Waals surface area contributed by atoms with Gasteiger partial charge in [0.15, 0.2) is 5.78 Å². The molecule has 32 heavy (non-hydrogen) atoms. The van der Waals surface area contributed by atoms with Gasteiger partial charge in [0, 0.05) is 70.2 Å². The van der Waals surface area contributed by atoms with Crippen LogP contribution in [0.2, 0.25) is 0 Å². The van der Waals surface area contributed by atoms with E-state index in [-0.39, 0.29) is 11.7 Å². The van der Waals surface area contributed by atoms with Crippen molar-refractivity contribution in [3.05, 3.63) is 70.8 Å². The van der Waals surface area contributed by atoms with E-state index in [0.29, 0.717) is 30.7 Å². The average Bonchev–Trinajstić information content (AvgIpc) is 2.77. The molecule has 0 unspecified atom stereocenters. The number of anilines is 2. The monoisotopic (exact) mass is 431 g/mol. The summed E-state index contributed by atoms with van der Waals surface area (Å²) in [6.07, 6.45) is 5.11. The van der Waals surface area contributed by atoms with Crippen LogP contribution in [0.15, 0.2) is 59.7 Å². The number of nitrogens with zero attached hydrogens (tertiary/aromatic N) is 3. The minimum absolute atomic E-state index is 0.0129. The number of likely N-dealkylation sites (tertiary alicyclic amines) is 1. The lowest BCUT2D eigenvalue weighted by molar-refractivity contribution is -0.131. The number of hydrogen-bond donors (Lipinski definition) is 0. The highest BCUT2D eigenvalue weighted by Crippen LogP contribution is 2.24. The minimum atomic E-state index is 0.0129. The Morgan fingerprint density at radius 3 is 1.56 bits per heavy atom. The second-order valence-electron chi connectivity index (χ2n) is 8.64. The van der Waals surface area contributed by atoms with E-state index in [4.69, 9.17) is 0 Å². The van der Waals surface area contributed by atoms with Crippen LogP contribution in [-0.4, -0.2) is 57.9 Å². The molecule has 168 valence electrons. The number of rotatable bonds is 6. The van der Waals surface area contributed by atoms with E-state index in [1.54, 1.807) is 4.90 Å². The number of carbonyl (C=O) groups excluding carboxylic acids is 2. The molecular weight excluding hydrogens is 398 g/mol. The summed E-state index contributed by atoms with van der Waals surface area (Å²) in [6, 6.07) is 16.1. The molecule has 1 aliphatic rings. The Hall–Kier alpha value is -3.34. The van der Waals surface area contributed by atoms with Gasteiger partial charge in [0.2, 0.25) is 5.91 Å². The van der Waals surface area contributed by atoms with Gasteiger partial charge in [-0.15, -0.1) is 0 Å². The van der Waals surface area contributed by atoms with Gasteiger partial charge in [0.25, 0.3) is 0 Å². The molecule has 0 bridgehead atoms. The largest absolute Gasteiger partial charge is 0.378 e. The van der Waals surface area contributed by atoms with E-state index in [1.165, 1.54) is 0 Å². The van der Waals surface area contributed by atoms with Crippen LogP contribution < -0.4 is 9.80 Å². The maximum atomic E-state index is 13.3. The van der Waals surface area contributed by atoms with Crippen LogP contribution in [0.4, 0.5) is 11.4 Å². The summed E-state index contributed by atoms with van der Waals surface area (Å²) in [5.74, 6) is 0.0987. The minimum Gasteiger partial charge on any atom is -0.378 e. The fraction of sp³-hybridized carbons (Fsp3) is 0.333. The Kier molecular flexibility index (Phi) is 7.52. The lowest BCUT2D eigenvalue weighted by Crippen LogP contribution is -2.41. The standard InChI is InChI=1S/C27H33N3O2/c1-6-7-26(31)30-18-22(16-20-8-12-24(13-9-20)28(2)3)27(32)23(19-30)17-21-10-14-25(15-11-21)29(4)5/h8-17H,6-7,18-19H2,1-5H3. The molecule has 1 aliphatic heterocycles. The number of amides is 1. The van der Waals surface area contributed by atoms with Crippen LogP contribution in [0.1, 0.15) is 30.9 Å². The number of piperidine rings is 1. The molecule has 0 aliphatic carbocycles. The van der Waals surface area contributed by atoms with Crippen LogP contribution in [0.3, 0.4) is 0 Å². The third kappa shape index (κ3) is 5.67. The lowest BCUT2D eigenvalue weighted by Gasteiger charge is -2.30. The number of hydrogen-bond acceptors (Lipinski definition) is 4. The normalized spacial score (nSPS) is 16.5. The maximum Gasteiger partial charge on any atom is 0.223 e. The molecule has 0 aromatic heterocycles. The fourth-order valence-corrected chi connectivity index (χ4v) is 3.73. The second-order valence-corrected chi connectivity index (χ2v) is 8.64. The van der Waals surface area contributed by atoms with Crippen LogP contribution in [0.25, 0.3) is 12.2 Å². The van der Waals surface area contributed by atoms with Crippen LogP contribution in [-0.2, 0) is 9.59 Å². The third-order valence-electron chi connectivity index (χ3n) is 5.62. The highest BCUT2D eigenvalue weighted by molar-refractivity contribution is 6.15. The molecule has 1 heterocycles. The molecule has 0 radical (unpaired) electrons. The Labute approximate surface area is 191 Å². The summed E-state index contributed by atoms with van der Waals surface area (Å²) in [7, 11) is 7.99. The first-order valence-corrected chi connectivity index (χ1v) is 11.1. The zero-order valence-electron chi connectivity index (χ0n) is 19.8. The van der Waals surface area contributed by atoms with E-state index in [2.05, 4.69) is 0 Å². The average molecular weight is 432 g/mol. The molecule has 1 fully saturated rings. The highest BCUT2D eigenvalue weighted by Gasteiger charge is 2.28. The van der Waals surface area contributed by atoms with E-state index in [0.717, 1.165) is 28.9 Å². The molecule has 0 spiro atoms. The maximum absolute atomic E-state index is 13.3. The number of ketones is 1. The summed E-state index contributed by atoms with van der Waals surface area (Å²) in [5, 5.41) is 0. The van der Waals surface area contributed by atoms with Crippen LogP contribution >= 0.6 is 0 Å². The van der Waals surface area contributed by atoms with Gasteiger partial charge in [0.05, 0.1) is 0 Å². The van der Waals surface area contributed by atoms with Gasteiger partial charge in [-0.1, -0.05) is 31.2 Å². The molecule has 2 aromatic carbocycles. The Morgan fingerprint density at radius 1 is 0.812 bits per heavy atom. The van der Waals surface area contributed by atoms with Gasteiger partial charge in [-0.05, 0) is 54.0 Å². The van der Waals surface area contributed by atoms with Crippen molar-refractivity contribution in [2.75, 3.05) is 51.1 Å². The number of Topliss-reactive ketones (excluding diaryl/α,β-unsaturated/α-hetero) is 1. The van der Waals surface area contributed by atoms with Gasteiger partial charge < -0.3 is 14.7 Å². The van der Waals surface area contributed by atoms with Crippen molar-refractivity contribution in [2.24, 2.45) is 0 Å². The Morgan fingerprint density at radius 2 is 1.22 bits per heavy atom. The highest BCUT2D eigenvalue weighted by atomic mass is 16.2. The van der Waals surface area contributed by atoms with Crippen molar-refractivity contribution in [3.8, 4) is 0 Å². The number of benzene rings is 2. The Balaban J connectivity index is 1.94. The van der Waals surface area contributed by atoms with E-state index in [1.807, 2.05) is 106 Å². The summed E-state index contributed by atoms with van der Waals surface area (Å²) >= 11 is 0. The Bertz CT molecular complexity index is 942. The van der Waals surface area contributed by atoms with E-state index in [9.17, 15) is 9.59 Å². The molecule has 5 nitrogen and oxygen atoms in total. The molecular formula is C27H33N3O2. The molecule has 3 rings (SSSR count). The van der Waals surface area contributed by atoms with Crippen molar-refractivity contribution >= 4 is 35.2 Å². The summed E-state index contributed by atoms with van der Waals surface area (Å²) in [6.45, 7) is 2.70.